The summed E-state index contributed by atoms with van der Waals surface area (Å²) in [7, 11) is 0. The Bertz CT molecular complexity index is 598. The zero-order chi connectivity index (χ0) is 13.8. The molecule has 4 heteroatoms. The van der Waals surface area contributed by atoms with Crippen LogP contribution in [0.4, 0.5) is 0 Å². The van der Waals surface area contributed by atoms with Gasteiger partial charge < -0.3 is 5.32 Å². The monoisotopic (exact) mass is 269 g/mol. The maximum absolute atomic E-state index is 12.5. The van der Waals surface area contributed by atoms with Gasteiger partial charge in [-0.15, -0.1) is 0 Å². The maximum atomic E-state index is 12.5. The predicted octanol–water partition coefficient (Wildman–Crippen LogP) is 3.08. The second-order valence-electron chi connectivity index (χ2n) is 5.39. The summed E-state index contributed by atoms with van der Waals surface area (Å²) in [5, 5.41) is 3.16. The Balaban J connectivity index is 1.81. The van der Waals surface area contributed by atoms with E-state index in [-0.39, 0.29) is 5.91 Å². The first-order valence-electron chi connectivity index (χ1n) is 7.35. The molecule has 0 unspecified atom stereocenters. The molecule has 1 aromatic carbocycles. The highest BCUT2D eigenvalue weighted by Crippen LogP contribution is 2.19. The van der Waals surface area contributed by atoms with Crippen LogP contribution in [0.3, 0.4) is 0 Å². The molecule has 1 aromatic heterocycles. The minimum Gasteiger partial charge on any atom is -0.349 e. The van der Waals surface area contributed by atoms with Crippen molar-refractivity contribution in [3.8, 4) is 0 Å². The van der Waals surface area contributed by atoms with Crippen molar-refractivity contribution in [3.05, 3.63) is 36.2 Å². The van der Waals surface area contributed by atoms with Crippen LogP contribution in [0.5, 0.6) is 0 Å². The zero-order valence-electron chi connectivity index (χ0n) is 11.5. The van der Waals surface area contributed by atoms with Crippen LogP contribution < -0.4 is 5.32 Å². The van der Waals surface area contributed by atoms with E-state index in [1.165, 1.54) is 25.7 Å². The van der Waals surface area contributed by atoms with Gasteiger partial charge in [-0.1, -0.05) is 31.7 Å². The highest BCUT2D eigenvalue weighted by atomic mass is 16.1. The van der Waals surface area contributed by atoms with Gasteiger partial charge in [0.05, 0.1) is 11.1 Å². The molecule has 1 aliphatic rings. The average Bonchev–Trinajstić information content (AvgIpc) is 2.75. The molecule has 1 heterocycles. The summed E-state index contributed by atoms with van der Waals surface area (Å²) in [6.07, 6.45) is 10.4. The summed E-state index contributed by atoms with van der Waals surface area (Å²) in [6.45, 7) is 0. The summed E-state index contributed by atoms with van der Waals surface area (Å²) in [4.78, 5) is 21.0. The van der Waals surface area contributed by atoms with Gasteiger partial charge in [-0.3, -0.25) is 14.8 Å². The minimum atomic E-state index is -0.0250. The number of carbonyl (C=O) groups is 1. The summed E-state index contributed by atoms with van der Waals surface area (Å²) < 4.78 is 0. The number of aromatic nitrogens is 2. The van der Waals surface area contributed by atoms with Crippen LogP contribution in [-0.4, -0.2) is 21.9 Å². The number of para-hydroxylation sites is 1. The van der Waals surface area contributed by atoms with E-state index in [9.17, 15) is 4.79 Å². The Morgan fingerprint density at radius 3 is 2.60 bits per heavy atom. The standard InChI is InChI=1S/C16H19N3O/c20-16(19-12-6-3-1-2-4-7-12)13-8-5-9-14-15(13)18-11-10-17-14/h5,8-12H,1-4,6-7H2,(H,19,20). The summed E-state index contributed by atoms with van der Waals surface area (Å²) in [5.74, 6) is -0.0250. The Labute approximate surface area is 118 Å². The van der Waals surface area contributed by atoms with E-state index in [0.29, 0.717) is 17.1 Å². The molecule has 1 aliphatic carbocycles. The fraction of sp³-hybridized carbons (Fsp3) is 0.438. The molecule has 1 N–H and O–H groups in total. The predicted molar refractivity (Wildman–Crippen MR) is 78.5 cm³/mol. The van der Waals surface area contributed by atoms with E-state index in [0.717, 1.165) is 18.4 Å². The first kappa shape index (κ1) is 13.0. The quantitative estimate of drug-likeness (QED) is 0.852. The van der Waals surface area contributed by atoms with Gasteiger partial charge in [-0.2, -0.15) is 0 Å². The molecule has 1 amide bonds. The van der Waals surface area contributed by atoms with Gasteiger partial charge in [0.2, 0.25) is 0 Å². The van der Waals surface area contributed by atoms with Crippen LogP contribution in [-0.2, 0) is 0 Å². The molecule has 0 saturated heterocycles. The minimum absolute atomic E-state index is 0.0250. The second-order valence-corrected chi connectivity index (χ2v) is 5.39. The molecule has 0 atom stereocenters. The van der Waals surface area contributed by atoms with E-state index >= 15 is 0 Å². The highest BCUT2D eigenvalue weighted by Gasteiger charge is 2.17. The summed E-state index contributed by atoms with van der Waals surface area (Å²) in [5.41, 5.74) is 2.07. The third-order valence-electron chi connectivity index (χ3n) is 3.93. The number of nitrogens with zero attached hydrogens (tertiary/aromatic N) is 2. The van der Waals surface area contributed by atoms with Crippen molar-refractivity contribution in [2.45, 2.75) is 44.6 Å². The largest absolute Gasteiger partial charge is 0.349 e. The molecule has 4 nitrogen and oxygen atoms in total. The van der Waals surface area contributed by atoms with Crippen molar-refractivity contribution in [1.82, 2.24) is 15.3 Å². The van der Waals surface area contributed by atoms with Crippen LogP contribution in [0.1, 0.15) is 48.9 Å². The number of benzene rings is 1. The fourth-order valence-corrected chi connectivity index (χ4v) is 2.86. The topological polar surface area (TPSA) is 54.9 Å². The Hall–Kier alpha value is -1.97. The lowest BCUT2D eigenvalue weighted by Crippen LogP contribution is -2.34. The van der Waals surface area contributed by atoms with Crippen LogP contribution in [0.2, 0.25) is 0 Å². The van der Waals surface area contributed by atoms with E-state index in [2.05, 4.69) is 15.3 Å². The summed E-state index contributed by atoms with van der Waals surface area (Å²) >= 11 is 0. The number of nitrogens with one attached hydrogen (secondary N) is 1. The molecule has 0 bridgehead atoms. The lowest BCUT2D eigenvalue weighted by Gasteiger charge is -2.16. The van der Waals surface area contributed by atoms with E-state index in [1.807, 2.05) is 18.2 Å². The molecule has 20 heavy (non-hydrogen) atoms. The lowest BCUT2D eigenvalue weighted by atomic mass is 10.1. The molecule has 1 saturated carbocycles. The van der Waals surface area contributed by atoms with Gasteiger partial charge in [0.15, 0.2) is 0 Å². The lowest BCUT2D eigenvalue weighted by molar-refractivity contribution is 0.0935. The Morgan fingerprint density at radius 2 is 1.80 bits per heavy atom. The smallest absolute Gasteiger partial charge is 0.253 e. The van der Waals surface area contributed by atoms with Gasteiger partial charge in [-0.25, -0.2) is 0 Å². The molecule has 104 valence electrons. The van der Waals surface area contributed by atoms with Gasteiger partial charge in [0, 0.05) is 18.4 Å². The Morgan fingerprint density at radius 1 is 1.05 bits per heavy atom. The third kappa shape index (κ3) is 2.79. The fourth-order valence-electron chi connectivity index (χ4n) is 2.86. The third-order valence-corrected chi connectivity index (χ3v) is 3.93. The maximum Gasteiger partial charge on any atom is 0.253 e. The summed E-state index contributed by atoms with van der Waals surface area (Å²) in [6, 6.07) is 5.87. The molecule has 0 spiro atoms. The first-order valence-corrected chi connectivity index (χ1v) is 7.35. The van der Waals surface area contributed by atoms with E-state index in [1.54, 1.807) is 12.4 Å². The van der Waals surface area contributed by atoms with Crippen molar-refractivity contribution in [2.24, 2.45) is 0 Å². The van der Waals surface area contributed by atoms with Crippen molar-refractivity contribution >= 4 is 16.9 Å². The molecular formula is C16H19N3O. The number of carbonyl (C=O) groups excluding carboxylic acids is 1. The molecular weight excluding hydrogens is 250 g/mol. The van der Waals surface area contributed by atoms with Gasteiger partial charge in [0.1, 0.15) is 5.52 Å². The van der Waals surface area contributed by atoms with Gasteiger partial charge >= 0.3 is 0 Å². The Kier molecular flexibility index (Phi) is 3.90. The molecule has 0 radical (unpaired) electrons. The molecule has 0 aliphatic heterocycles. The number of hydrogen-bond acceptors (Lipinski definition) is 3. The normalized spacial score (nSPS) is 16.8. The van der Waals surface area contributed by atoms with Crippen molar-refractivity contribution in [1.29, 1.82) is 0 Å². The number of amides is 1. The zero-order valence-corrected chi connectivity index (χ0v) is 11.5. The molecule has 2 aromatic rings. The number of rotatable bonds is 2. The van der Waals surface area contributed by atoms with Crippen LogP contribution >= 0.6 is 0 Å². The van der Waals surface area contributed by atoms with E-state index < -0.39 is 0 Å². The average molecular weight is 269 g/mol. The SMILES string of the molecule is O=C(NC1CCCCCC1)c1cccc2nccnc12. The second kappa shape index (κ2) is 5.99. The van der Waals surface area contributed by atoms with Crippen LogP contribution in [0, 0.1) is 0 Å². The van der Waals surface area contributed by atoms with E-state index in [4.69, 9.17) is 0 Å². The van der Waals surface area contributed by atoms with Gasteiger partial charge in [0.25, 0.3) is 5.91 Å². The van der Waals surface area contributed by atoms with Crippen molar-refractivity contribution in [3.63, 3.8) is 0 Å². The van der Waals surface area contributed by atoms with Crippen molar-refractivity contribution < 1.29 is 4.79 Å². The van der Waals surface area contributed by atoms with Crippen LogP contribution in [0.25, 0.3) is 11.0 Å². The number of fused-ring (bicyclic) bond motifs is 1. The highest BCUT2D eigenvalue weighted by molar-refractivity contribution is 6.04. The van der Waals surface area contributed by atoms with Crippen LogP contribution in [0.15, 0.2) is 30.6 Å². The van der Waals surface area contributed by atoms with Gasteiger partial charge in [-0.05, 0) is 25.0 Å². The molecule has 3 rings (SSSR count). The molecule has 1 fully saturated rings. The number of hydrogen-bond donors (Lipinski definition) is 1. The first-order chi connectivity index (χ1) is 9.84. The van der Waals surface area contributed by atoms with Crippen molar-refractivity contribution in [2.75, 3.05) is 0 Å².